The highest BCUT2D eigenvalue weighted by molar-refractivity contribution is 5.95. The van der Waals surface area contributed by atoms with Crippen LogP contribution < -0.4 is 4.74 Å². The van der Waals surface area contributed by atoms with Gasteiger partial charge in [0.25, 0.3) is 5.91 Å². The van der Waals surface area contributed by atoms with Crippen LogP contribution in [0.15, 0.2) is 18.3 Å². The van der Waals surface area contributed by atoms with E-state index in [0.29, 0.717) is 4.68 Å². The van der Waals surface area contributed by atoms with Gasteiger partial charge in [-0.25, -0.2) is 4.68 Å². The number of methoxy groups -OCH3 is 1. The molecule has 0 saturated carbocycles. The number of carbonyl (C=O) groups is 1. The lowest BCUT2D eigenvalue weighted by molar-refractivity contribution is -0.143. The molecule has 1 saturated heterocycles. The van der Waals surface area contributed by atoms with Crippen LogP contribution in [-0.4, -0.2) is 64.2 Å². The maximum atomic E-state index is 13.6. The first-order valence-electron chi connectivity index (χ1n) is 7.32. The summed E-state index contributed by atoms with van der Waals surface area (Å²) in [5, 5.41) is 11.0. The van der Waals surface area contributed by atoms with E-state index in [0.717, 1.165) is 6.20 Å². The zero-order valence-corrected chi connectivity index (χ0v) is 13.2. The number of amides is 1. The smallest absolute Gasteiger partial charge is 0.434 e. The van der Waals surface area contributed by atoms with Crippen LogP contribution in [0.4, 0.5) is 13.2 Å². The van der Waals surface area contributed by atoms with Crippen LogP contribution in [0.5, 0.6) is 5.88 Å². The molecule has 0 radical (unpaired) electrons. The monoisotopic (exact) mass is 357 g/mol. The van der Waals surface area contributed by atoms with Gasteiger partial charge in [-0.1, -0.05) is 0 Å². The average molecular weight is 357 g/mol. The Kier molecular flexibility index (Phi) is 4.57. The molecular weight excluding hydrogens is 343 g/mol. The second kappa shape index (κ2) is 6.67. The van der Waals surface area contributed by atoms with E-state index in [4.69, 9.17) is 9.47 Å². The second-order valence-corrected chi connectivity index (χ2v) is 5.15. The maximum Gasteiger partial charge on any atom is 0.434 e. The number of halogens is 3. The van der Waals surface area contributed by atoms with Gasteiger partial charge in [0.1, 0.15) is 0 Å². The van der Waals surface area contributed by atoms with Crippen molar-refractivity contribution >= 4 is 5.91 Å². The standard InChI is InChI=1S/C14H14F3N5O3/c1-24-11-3-2-10(19-20-11)22-12(14(15,16)17)9(8-18-22)13(23)21-4-6-25-7-5-21/h2-3,8H,4-7H2,1H3. The Morgan fingerprint density at radius 1 is 1.24 bits per heavy atom. The molecule has 0 atom stereocenters. The SMILES string of the molecule is COc1ccc(-n2ncc(C(=O)N3CCOCC3)c2C(F)(F)F)nn1. The lowest BCUT2D eigenvalue weighted by atomic mass is 10.2. The summed E-state index contributed by atoms with van der Waals surface area (Å²) in [6, 6.07) is 2.63. The van der Waals surface area contributed by atoms with Gasteiger partial charge in [-0.05, 0) is 6.07 Å². The van der Waals surface area contributed by atoms with Crippen LogP contribution in [0.25, 0.3) is 5.82 Å². The van der Waals surface area contributed by atoms with Crippen LogP contribution in [0.3, 0.4) is 0 Å². The third-order valence-corrected chi connectivity index (χ3v) is 3.62. The number of carbonyl (C=O) groups excluding carboxylic acids is 1. The van der Waals surface area contributed by atoms with Crippen molar-refractivity contribution in [1.29, 1.82) is 0 Å². The fourth-order valence-electron chi connectivity index (χ4n) is 2.42. The summed E-state index contributed by atoms with van der Waals surface area (Å²) >= 11 is 0. The average Bonchev–Trinajstić information content (AvgIpc) is 3.07. The highest BCUT2D eigenvalue weighted by atomic mass is 19.4. The van der Waals surface area contributed by atoms with Crippen molar-refractivity contribution in [3.63, 3.8) is 0 Å². The molecule has 0 spiro atoms. The van der Waals surface area contributed by atoms with Crippen molar-refractivity contribution in [3.05, 3.63) is 29.6 Å². The number of rotatable bonds is 3. The summed E-state index contributed by atoms with van der Waals surface area (Å²) in [4.78, 5) is 13.8. The van der Waals surface area contributed by atoms with Gasteiger partial charge in [-0.3, -0.25) is 4.79 Å². The van der Waals surface area contributed by atoms with E-state index in [2.05, 4.69) is 15.3 Å². The molecule has 134 valence electrons. The molecular formula is C14H14F3N5O3. The van der Waals surface area contributed by atoms with E-state index >= 15 is 0 Å². The first-order valence-corrected chi connectivity index (χ1v) is 7.32. The van der Waals surface area contributed by atoms with E-state index < -0.39 is 23.3 Å². The summed E-state index contributed by atoms with van der Waals surface area (Å²) in [7, 11) is 1.36. The molecule has 11 heteroatoms. The van der Waals surface area contributed by atoms with Crippen molar-refractivity contribution in [2.24, 2.45) is 0 Å². The Bertz CT molecular complexity index is 754. The van der Waals surface area contributed by atoms with Crippen LogP contribution in [0, 0.1) is 0 Å². The Labute approximate surface area is 140 Å². The number of alkyl halides is 3. The van der Waals surface area contributed by atoms with Gasteiger partial charge < -0.3 is 14.4 Å². The molecule has 3 rings (SSSR count). The minimum absolute atomic E-state index is 0.147. The minimum Gasteiger partial charge on any atom is -0.480 e. The highest BCUT2D eigenvalue weighted by Crippen LogP contribution is 2.34. The normalized spacial score (nSPS) is 15.3. The predicted molar refractivity (Wildman–Crippen MR) is 77.4 cm³/mol. The van der Waals surface area contributed by atoms with Crippen molar-refractivity contribution in [2.75, 3.05) is 33.4 Å². The molecule has 0 unspecified atom stereocenters. The molecule has 0 aromatic carbocycles. The number of hydrogen-bond acceptors (Lipinski definition) is 6. The van der Waals surface area contributed by atoms with Crippen molar-refractivity contribution < 1.29 is 27.4 Å². The molecule has 0 N–H and O–H groups in total. The number of nitrogens with zero attached hydrogens (tertiary/aromatic N) is 5. The van der Waals surface area contributed by atoms with E-state index in [1.165, 1.54) is 24.1 Å². The van der Waals surface area contributed by atoms with Crippen LogP contribution in [0.2, 0.25) is 0 Å². The highest BCUT2D eigenvalue weighted by Gasteiger charge is 2.42. The molecule has 25 heavy (non-hydrogen) atoms. The van der Waals surface area contributed by atoms with Crippen molar-refractivity contribution in [3.8, 4) is 11.7 Å². The van der Waals surface area contributed by atoms with Gasteiger partial charge in [0.05, 0.1) is 32.1 Å². The fraction of sp³-hybridized carbons (Fsp3) is 0.429. The molecule has 8 nitrogen and oxygen atoms in total. The molecule has 3 heterocycles. The van der Waals surface area contributed by atoms with Gasteiger partial charge in [0, 0.05) is 19.2 Å². The van der Waals surface area contributed by atoms with E-state index in [9.17, 15) is 18.0 Å². The topological polar surface area (TPSA) is 82.4 Å². The fourth-order valence-corrected chi connectivity index (χ4v) is 2.42. The molecule has 2 aromatic heterocycles. The Hall–Kier alpha value is -2.69. The number of morpholine rings is 1. The molecule has 1 amide bonds. The third kappa shape index (κ3) is 3.40. The Morgan fingerprint density at radius 2 is 1.96 bits per heavy atom. The van der Waals surface area contributed by atoms with E-state index in [1.54, 1.807) is 0 Å². The number of hydrogen-bond donors (Lipinski definition) is 0. The van der Waals surface area contributed by atoms with Gasteiger partial charge >= 0.3 is 6.18 Å². The maximum absolute atomic E-state index is 13.6. The van der Waals surface area contributed by atoms with Crippen molar-refractivity contribution in [2.45, 2.75) is 6.18 Å². The molecule has 2 aromatic rings. The summed E-state index contributed by atoms with van der Waals surface area (Å²) in [5.74, 6) is -0.772. The van der Waals surface area contributed by atoms with Crippen LogP contribution in [-0.2, 0) is 10.9 Å². The molecule has 0 aliphatic carbocycles. The Morgan fingerprint density at radius 3 is 2.52 bits per heavy atom. The lowest BCUT2D eigenvalue weighted by Gasteiger charge is -2.27. The van der Waals surface area contributed by atoms with E-state index in [1.807, 2.05) is 0 Å². The number of ether oxygens (including phenoxy) is 2. The first kappa shape index (κ1) is 17.1. The first-order chi connectivity index (χ1) is 11.9. The van der Waals surface area contributed by atoms with Gasteiger partial charge in [-0.2, -0.15) is 18.3 Å². The van der Waals surface area contributed by atoms with Crippen molar-refractivity contribution in [1.82, 2.24) is 24.9 Å². The predicted octanol–water partition coefficient (Wildman–Crippen LogP) is 1.16. The summed E-state index contributed by atoms with van der Waals surface area (Å²) in [5.41, 5.74) is -1.73. The zero-order chi connectivity index (χ0) is 18.0. The zero-order valence-electron chi connectivity index (χ0n) is 13.2. The van der Waals surface area contributed by atoms with Gasteiger partial charge in [0.15, 0.2) is 11.5 Å². The third-order valence-electron chi connectivity index (χ3n) is 3.62. The van der Waals surface area contributed by atoms with Gasteiger partial charge in [-0.15, -0.1) is 10.2 Å². The quantitative estimate of drug-likeness (QED) is 0.820. The number of aromatic nitrogens is 4. The summed E-state index contributed by atoms with van der Waals surface area (Å²) in [6.07, 6.45) is -3.90. The minimum atomic E-state index is -4.80. The lowest BCUT2D eigenvalue weighted by Crippen LogP contribution is -2.41. The summed E-state index contributed by atoms with van der Waals surface area (Å²) < 4.78 is 51.2. The Balaban J connectivity index is 2.02. The molecule has 1 aliphatic heterocycles. The van der Waals surface area contributed by atoms with Crippen LogP contribution >= 0.6 is 0 Å². The van der Waals surface area contributed by atoms with Gasteiger partial charge in [0.2, 0.25) is 5.88 Å². The summed E-state index contributed by atoms with van der Waals surface area (Å²) in [6.45, 7) is 1.02. The molecule has 0 bridgehead atoms. The molecule has 1 fully saturated rings. The van der Waals surface area contributed by atoms with E-state index in [-0.39, 0.29) is 38.0 Å². The van der Waals surface area contributed by atoms with Crippen LogP contribution in [0.1, 0.15) is 16.1 Å². The molecule has 1 aliphatic rings. The second-order valence-electron chi connectivity index (χ2n) is 5.15. The largest absolute Gasteiger partial charge is 0.480 e.